The maximum absolute atomic E-state index is 11.2. The van der Waals surface area contributed by atoms with Gasteiger partial charge in [-0.25, -0.2) is 4.99 Å². The minimum absolute atomic E-state index is 0.0230. The molecule has 2 aromatic carbocycles. The number of carbonyl (C=O) groups excluding carboxylic acids is 1. The summed E-state index contributed by atoms with van der Waals surface area (Å²) in [5.74, 6) is 1.07. The summed E-state index contributed by atoms with van der Waals surface area (Å²) < 4.78 is 5.08. The molecule has 3 N–H and O–H groups in total. The number of hydrogen-bond acceptors (Lipinski definition) is 3. The Morgan fingerprint density at radius 2 is 1.71 bits per heavy atom. The molecule has 0 saturated carbocycles. The second-order valence-corrected chi connectivity index (χ2v) is 4.45. The lowest BCUT2D eigenvalue weighted by Crippen LogP contribution is -2.21. The highest BCUT2D eigenvalue weighted by Crippen LogP contribution is 2.16. The third-order valence-electron chi connectivity index (χ3n) is 2.89. The number of methoxy groups -OCH3 is 1. The van der Waals surface area contributed by atoms with Crippen molar-refractivity contribution in [1.29, 1.82) is 0 Å². The summed E-state index contributed by atoms with van der Waals surface area (Å²) >= 11 is 0. The van der Waals surface area contributed by atoms with Crippen molar-refractivity contribution in [2.45, 2.75) is 6.92 Å². The van der Waals surface area contributed by atoms with Crippen molar-refractivity contribution in [3.8, 4) is 5.75 Å². The number of rotatable bonds is 4. The van der Waals surface area contributed by atoms with E-state index < -0.39 is 0 Å². The molecular weight excluding hydrogens is 266 g/mol. The number of guanidine groups is 1. The number of nitrogens with two attached hydrogens (primary N) is 1. The molecule has 5 heteroatoms. The van der Waals surface area contributed by atoms with E-state index in [2.05, 4.69) is 10.3 Å². The summed E-state index contributed by atoms with van der Waals surface area (Å²) in [5, 5.41) is 2.98. The van der Waals surface area contributed by atoms with Crippen LogP contribution >= 0.6 is 0 Å². The molecule has 0 fully saturated rings. The monoisotopic (exact) mass is 283 g/mol. The van der Waals surface area contributed by atoms with Gasteiger partial charge in [0.2, 0.25) is 0 Å². The Hall–Kier alpha value is -2.82. The average Bonchev–Trinajstić information content (AvgIpc) is 2.48. The highest BCUT2D eigenvalue weighted by Gasteiger charge is 2.00. The molecule has 0 unspecified atom stereocenters. The molecule has 108 valence electrons. The van der Waals surface area contributed by atoms with E-state index in [4.69, 9.17) is 10.5 Å². The molecule has 0 aromatic heterocycles. The topological polar surface area (TPSA) is 76.7 Å². The molecule has 0 bridgehead atoms. The third-order valence-corrected chi connectivity index (χ3v) is 2.89. The van der Waals surface area contributed by atoms with E-state index in [9.17, 15) is 4.79 Å². The fourth-order valence-corrected chi connectivity index (χ4v) is 1.76. The number of anilines is 1. The Bertz CT molecular complexity index is 646. The highest BCUT2D eigenvalue weighted by molar-refractivity contribution is 5.95. The lowest BCUT2D eigenvalue weighted by atomic mass is 10.1. The minimum atomic E-state index is 0.0230. The second kappa shape index (κ2) is 6.56. The molecule has 2 rings (SSSR count). The van der Waals surface area contributed by atoms with Crippen LogP contribution in [0, 0.1) is 0 Å². The van der Waals surface area contributed by atoms with Gasteiger partial charge in [0, 0.05) is 11.3 Å². The summed E-state index contributed by atoms with van der Waals surface area (Å²) in [4.78, 5) is 15.4. The van der Waals surface area contributed by atoms with Crippen LogP contribution in [0.2, 0.25) is 0 Å². The second-order valence-electron chi connectivity index (χ2n) is 4.45. The maximum atomic E-state index is 11.2. The molecule has 0 amide bonds. The first-order valence-corrected chi connectivity index (χ1v) is 6.45. The van der Waals surface area contributed by atoms with Crippen LogP contribution in [-0.4, -0.2) is 18.9 Å². The number of Topliss-reactive ketones (excluding diaryl/α,β-unsaturated/α-hetero) is 1. The Labute approximate surface area is 123 Å². The number of ketones is 1. The first kappa shape index (κ1) is 14.6. The molecule has 0 radical (unpaired) electrons. The molecule has 0 aliphatic rings. The van der Waals surface area contributed by atoms with Crippen molar-refractivity contribution in [1.82, 2.24) is 0 Å². The van der Waals surface area contributed by atoms with Crippen LogP contribution in [0.25, 0.3) is 0 Å². The van der Waals surface area contributed by atoms with Gasteiger partial charge in [0.05, 0.1) is 12.8 Å². The van der Waals surface area contributed by atoms with Gasteiger partial charge >= 0.3 is 0 Å². The number of ether oxygens (including phenoxy) is 1. The third kappa shape index (κ3) is 4.07. The summed E-state index contributed by atoms with van der Waals surface area (Å²) in [7, 11) is 1.61. The Morgan fingerprint density at radius 1 is 1.10 bits per heavy atom. The summed E-state index contributed by atoms with van der Waals surface area (Å²) in [6.45, 7) is 1.53. The molecule has 0 atom stereocenters. The number of carbonyl (C=O) groups is 1. The van der Waals surface area contributed by atoms with Crippen LogP contribution in [0.4, 0.5) is 11.4 Å². The molecule has 0 aliphatic carbocycles. The van der Waals surface area contributed by atoms with Gasteiger partial charge in [0.15, 0.2) is 11.7 Å². The van der Waals surface area contributed by atoms with Gasteiger partial charge in [-0.15, -0.1) is 0 Å². The van der Waals surface area contributed by atoms with Crippen molar-refractivity contribution < 1.29 is 9.53 Å². The highest BCUT2D eigenvalue weighted by atomic mass is 16.5. The molecule has 0 spiro atoms. The van der Waals surface area contributed by atoms with Crippen LogP contribution in [0.5, 0.6) is 5.75 Å². The van der Waals surface area contributed by atoms with Crippen molar-refractivity contribution >= 4 is 23.1 Å². The zero-order chi connectivity index (χ0) is 15.2. The fraction of sp³-hybridized carbons (Fsp3) is 0.125. The lowest BCUT2D eigenvalue weighted by Gasteiger charge is -2.06. The van der Waals surface area contributed by atoms with E-state index in [0.29, 0.717) is 11.3 Å². The Kier molecular flexibility index (Phi) is 4.56. The maximum Gasteiger partial charge on any atom is 0.198 e. The van der Waals surface area contributed by atoms with Gasteiger partial charge in [-0.2, -0.15) is 0 Å². The Balaban J connectivity index is 2.07. The largest absolute Gasteiger partial charge is 0.497 e. The van der Waals surface area contributed by atoms with E-state index in [1.807, 2.05) is 24.3 Å². The van der Waals surface area contributed by atoms with Gasteiger partial charge in [-0.1, -0.05) is 0 Å². The van der Waals surface area contributed by atoms with Crippen LogP contribution in [0.1, 0.15) is 17.3 Å². The van der Waals surface area contributed by atoms with Gasteiger partial charge in [0.1, 0.15) is 5.75 Å². The van der Waals surface area contributed by atoms with E-state index in [-0.39, 0.29) is 11.7 Å². The van der Waals surface area contributed by atoms with E-state index in [0.717, 1.165) is 11.4 Å². The fourth-order valence-electron chi connectivity index (χ4n) is 1.76. The first-order chi connectivity index (χ1) is 10.1. The lowest BCUT2D eigenvalue weighted by molar-refractivity contribution is 0.101. The summed E-state index contributed by atoms with van der Waals surface area (Å²) in [6, 6.07) is 14.3. The molecule has 0 heterocycles. The smallest absolute Gasteiger partial charge is 0.198 e. The van der Waals surface area contributed by atoms with E-state index in [1.165, 1.54) is 6.92 Å². The Morgan fingerprint density at radius 3 is 2.24 bits per heavy atom. The SMILES string of the molecule is COc1ccc(NC(N)=Nc2ccc(C(C)=O)cc2)cc1. The van der Waals surface area contributed by atoms with Gasteiger partial charge in [-0.05, 0) is 55.5 Å². The molecule has 0 saturated heterocycles. The van der Waals surface area contributed by atoms with Gasteiger partial charge in [-0.3, -0.25) is 4.79 Å². The van der Waals surface area contributed by atoms with Crippen molar-refractivity contribution in [3.05, 3.63) is 54.1 Å². The zero-order valence-corrected chi connectivity index (χ0v) is 12.0. The normalized spacial score (nSPS) is 11.0. The van der Waals surface area contributed by atoms with E-state index >= 15 is 0 Å². The van der Waals surface area contributed by atoms with Crippen LogP contribution < -0.4 is 15.8 Å². The number of hydrogen-bond donors (Lipinski definition) is 2. The molecule has 21 heavy (non-hydrogen) atoms. The van der Waals surface area contributed by atoms with Gasteiger partial charge in [0.25, 0.3) is 0 Å². The number of aliphatic imine (C=N–C) groups is 1. The molecule has 2 aromatic rings. The standard InChI is InChI=1S/C16H17N3O2/c1-11(20)12-3-5-13(6-4-12)18-16(17)19-14-7-9-15(21-2)10-8-14/h3-10H,1-2H3,(H3,17,18,19). The minimum Gasteiger partial charge on any atom is -0.497 e. The predicted octanol–water partition coefficient (Wildman–Crippen LogP) is 2.96. The number of nitrogens with one attached hydrogen (secondary N) is 1. The summed E-state index contributed by atoms with van der Waals surface area (Å²) in [5.41, 5.74) is 7.99. The predicted molar refractivity (Wildman–Crippen MR) is 84.3 cm³/mol. The van der Waals surface area contributed by atoms with Crippen LogP contribution in [0.3, 0.4) is 0 Å². The average molecular weight is 283 g/mol. The molecule has 0 aliphatic heterocycles. The van der Waals surface area contributed by atoms with Gasteiger partial charge < -0.3 is 15.8 Å². The summed E-state index contributed by atoms with van der Waals surface area (Å²) in [6.07, 6.45) is 0. The van der Waals surface area contributed by atoms with Crippen molar-refractivity contribution in [2.24, 2.45) is 10.7 Å². The van der Waals surface area contributed by atoms with Crippen LogP contribution in [0.15, 0.2) is 53.5 Å². The number of benzene rings is 2. The molecular formula is C16H17N3O2. The zero-order valence-electron chi connectivity index (χ0n) is 12.0. The van der Waals surface area contributed by atoms with Crippen LogP contribution in [-0.2, 0) is 0 Å². The van der Waals surface area contributed by atoms with E-state index in [1.54, 1.807) is 31.4 Å². The van der Waals surface area contributed by atoms with Crippen molar-refractivity contribution in [2.75, 3.05) is 12.4 Å². The van der Waals surface area contributed by atoms with Crippen molar-refractivity contribution in [3.63, 3.8) is 0 Å². The first-order valence-electron chi connectivity index (χ1n) is 6.45. The quantitative estimate of drug-likeness (QED) is 0.514. The molecule has 5 nitrogen and oxygen atoms in total. The number of nitrogens with zero attached hydrogens (tertiary/aromatic N) is 1.